The molecule has 1 aliphatic heterocycles. The molecule has 0 spiro atoms. The first-order chi connectivity index (χ1) is 7.04. The third kappa shape index (κ3) is 4.11. The molecule has 1 heterocycles. The van der Waals surface area contributed by atoms with Crippen LogP contribution in [0, 0.1) is 0 Å². The first kappa shape index (κ1) is 12.4. The molecule has 86 valence electrons. The van der Waals surface area contributed by atoms with Crippen molar-refractivity contribution < 1.29 is 19.1 Å². The molecule has 4 nitrogen and oxygen atoms in total. The van der Waals surface area contributed by atoms with Gasteiger partial charge in [-0.05, 0) is 18.6 Å². The Bertz CT molecular complexity index is 226. The molecular weight excluding hydrogens is 216 g/mol. The van der Waals surface area contributed by atoms with Crippen LogP contribution in [0.5, 0.6) is 0 Å². The highest BCUT2D eigenvalue weighted by Crippen LogP contribution is 2.38. The van der Waals surface area contributed by atoms with Crippen molar-refractivity contribution in [1.82, 2.24) is 0 Å². The van der Waals surface area contributed by atoms with Crippen LogP contribution in [-0.2, 0) is 19.1 Å². The van der Waals surface area contributed by atoms with E-state index in [-0.39, 0.29) is 16.7 Å². The molecule has 15 heavy (non-hydrogen) atoms. The molecule has 0 unspecified atom stereocenters. The second-order valence-electron chi connectivity index (χ2n) is 3.70. The molecule has 0 saturated carbocycles. The molecule has 1 rings (SSSR count). The minimum absolute atomic E-state index is 0.211. The lowest BCUT2D eigenvalue weighted by molar-refractivity contribution is -0.145. The third-order valence-corrected chi connectivity index (χ3v) is 3.81. The zero-order valence-corrected chi connectivity index (χ0v) is 9.89. The van der Waals surface area contributed by atoms with E-state index < -0.39 is 0 Å². The fraction of sp³-hybridized carbons (Fsp3) is 0.800. The quantitative estimate of drug-likeness (QED) is 0.685. The maximum absolute atomic E-state index is 10.7. The zero-order valence-electron chi connectivity index (χ0n) is 9.08. The maximum Gasteiger partial charge on any atom is 0.302 e. The Morgan fingerprint density at radius 3 is 2.07 bits per heavy atom. The molecule has 1 aliphatic rings. The van der Waals surface area contributed by atoms with Crippen molar-refractivity contribution in [2.75, 3.05) is 19.0 Å². The Labute approximate surface area is 93.7 Å². The monoisotopic (exact) mass is 232 g/mol. The first-order valence-corrected chi connectivity index (χ1v) is 5.93. The van der Waals surface area contributed by atoms with Crippen LogP contribution in [0.3, 0.4) is 0 Å². The fourth-order valence-electron chi connectivity index (χ4n) is 1.49. The van der Waals surface area contributed by atoms with Crippen molar-refractivity contribution in [3.8, 4) is 0 Å². The van der Waals surface area contributed by atoms with Crippen LogP contribution in [0.4, 0.5) is 0 Å². The van der Waals surface area contributed by atoms with Crippen molar-refractivity contribution in [1.29, 1.82) is 0 Å². The van der Waals surface area contributed by atoms with Crippen LogP contribution in [0.25, 0.3) is 0 Å². The van der Waals surface area contributed by atoms with Crippen molar-refractivity contribution in [2.45, 2.75) is 31.4 Å². The summed E-state index contributed by atoms with van der Waals surface area (Å²) >= 11 is 1.72. The standard InChI is InChI=1S/C10H16O4S/c1-8(11)13-6-10(4-3-5-15-10)7-14-9(2)12/h3-7H2,1-2H3. The summed E-state index contributed by atoms with van der Waals surface area (Å²) < 4.78 is 9.81. The van der Waals surface area contributed by atoms with Gasteiger partial charge in [-0.15, -0.1) is 11.8 Å². The topological polar surface area (TPSA) is 52.6 Å². The highest BCUT2D eigenvalue weighted by atomic mass is 32.2. The number of carbonyl (C=O) groups is 2. The molecule has 1 saturated heterocycles. The van der Waals surface area contributed by atoms with Gasteiger partial charge in [-0.3, -0.25) is 9.59 Å². The predicted octanol–water partition coefficient (Wildman–Crippen LogP) is 1.38. The van der Waals surface area contributed by atoms with Crippen LogP contribution in [0.15, 0.2) is 0 Å². The Balaban J connectivity index is 2.46. The minimum Gasteiger partial charge on any atom is -0.464 e. The zero-order chi connectivity index (χ0) is 11.3. The summed E-state index contributed by atoms with van der Waals surface area (Å²) in [4.78, 5) is 21.5. The SMILES string of the molecule is CC(=O)OCC1(COC(C)=O)CCCS1. The molecular formula is C10H16O4S. The molecule has 5 heteroatoms. The van der Waals surface area contributed by atoms with Gasteiger partial charge in [0.05, 0.1) is 4.75 Å². The Hall–Kier alpha value is -0.710. The number of hydrogen-bond donors (Lipinski definition) is 0. The number of hydrogen-bond acceptors (Lipinski definition) is 5. The molecule has 0 bridgehead atoms. The lowest BCUT2D eigenvalue weighted by Crippen LogP contribution is -2.35. The predicted molar refractivity (Wildman–Crippen MR) is 57.7 cm³/mol. The van der Waals surface area contributed by atoms with E-state index in [2.05, 4.69) is 0 Å². The number of carbonyl (C=O) groups excluding carboxylic acids is 2. The minimum atomic E-state index is -0.287. The van der Waals surface area contributed by atoms with Crippen molar-refractivity contribution >= 4 is 23.7 Å². The molecule has 0 atom stereocenters. The van der Waals surface area contributed by atoms with Gasteiger partial charge < -0.3 is 9.47 Å². The van der Waals surface area contributed by atoms with Crippen molar-refractivity contribution in [3.05, 3.63) is 0 Å². The van der Waals surface area contributed by atoms with Gasteiger partial charge in [0.2, 0.25) is 0 Å². The summed E-state index contributed by atoms with van der Waals surface area (Å²) in [5, 5.41) is 0. The van der Waals surface area contributed by atoms with E-state index in [1.807, 2.05) is 0 Å². The van der Waals surface area contributed by atoms with E-state index in [0.717, 1.165) is 18.6 Å². The van der Waals surface area contributed by atoms with E-state index in [9.17, 15) is 9.59 Å². The normalized spacial score (nSPS) is 18.5. The van der Waals surface area contributed by atoms with Crippen LogP contribution < -0.4 is 0 Å². The molecule has 0 radical (unpaired) electrons. The molecule has 0 aromatic carbocycles. The molecule has 0 aromatic heterocycles. The second kappa shape index (κ2) is 5.39. The summed E-state index contributed by atoms with van der Waals surface area (Å²) in [7, 11) is 0. The number of rotatable bonds is 4. The van der Waals surface area contributed by atoms with E-state index in [1.165, 1.54) is 13.8 Å². The van der Waals surface area contributed by atoms with E-state index >= 15 is 0 Å². The summed E-state index contributed by atoms with van der Waals surface area (Å²) in [6, 6.07) is 0. The molecule has 0 aliphatic carbocycles. The van der Waals surface area contributed by atoms with Crippen LogP contribution in [0.2, 0.25) is 0 Å². The van der Waals surface area contributed by atoms with Gasteiger partial charge in [0.15, 0.2) is 0 Å². The van der Waals surface area contributed by atoms with Crippen LogP contribution in [-0.4, -0.2) is 35.7 Å². The first-order valence-electron chi connectivity index (χ1n) is 4.95. The Kier molecular flexibility index (Phi) is 4.45. The molecule has 0 amide bonds. The van der Waals surface area contributed by atoms with Crippen molar-refractivity contribution in [2.24, 2.45) is 0 Å². The molecule has 0 N–H and O–H groups in total. The lowest BCUT2D eigenvalue weighted by atomic mass is 10.1. The third-order valence-electron chi connectivity index (χ3n) is 2.26. The van der Waals surface area contributed by atoms with Gasteiger partial charge in [-0.25, -0.2) is 0 Å². The van der Waals surface area contributed by atoms with Gasteiger partial charge in [0, 0.05) is 13.8 Å². The van der Waals surface area contributed by atoms with Gasteiger partial charge >= 0.3 is 11.9 Å². The maximum atomic E-state index is 10.7. The number of thioether (sulfide) groups is 1. The fourth-order valence-corrected chi connectivity index (χ4v) is 2.79. The van der Waals surface area contributed by atoms with Crippen molar-refractivity contribution in [3.63, 3.8) is 0 Å². The van der Waals surface area contributed by atoms with E-state index in [4.69, 9.17) is 9.47 Å². The average molecular weight is 232 g/mol. The lowest BCUT2D eigenvalue weighted by Gasteiger charge is -2.26. The second-order valence-corrected chi connectivity index (χ2v) is 5.26. The van der Waals surface area contributed by atoms with Gasteiger partial charge in [0.25, 0.3) is 0 Å². The van der Waals surface area contributed by atoms with Gasteiger partial charge in [-0.2, -0.15) is 0 Å². The van der Waals surface area contributed by atoms with E-state index in [1.54, 1.807) is 11.8 Å². The number of esters is 2. The summed E-state index contributed by atoms with van der Waals surface area (Å²) in [5.74, 6) is 0.456. The summed E-state index contributed by atoms with van der Waals surface area (Å²) in [5.41, 5.74) is 0. The summed E-state index contributed by atoms with van der Waals surface area (Å²) in [6.45, 7) is 3.44. The number of ether oxygens (including phenoxy) is 2. The largest absolute Gasteiger partial charge is 0.464 e. The van der Waals surface area contributed by atoms with Gasteiger partial charge in [-0.1, -0.05) is 0 Å². The van der Waals surface area contributed by atoms with Crippen LogP contribution >= 0.6 is 11.8 Å². The molecule has 0 aromatic rings. The Morgan fingerprint density at radius 1 is 1.20 bits per heavy atom. The average Bonchev–Trinajstić information content (AvgIpc) is 2.61. The van der Waals surface area contributed by atoms with E-state index in [0.29, 0.717) is 13.2 Å². The van der Waals surface area contributed by atoms with Crippen LogP contribution in [0.1, 0.15) is 26.7 Å². The van der Waals surface area contributed by atoms with Gasteiger partial charge in [0.1, 0.15) is 13.2 Å². The highest BCUT2D eigenvalue weighted by Gasteiger charge is 2.37. The summed E-state index contributed by atoms with van der Waals surface area (Å²) in [6.07, 6.45) is 2.01. The Morgan fingerprint density at radius 2 is 1.73 bits per heavy atom. The highest BCUT2D eigenvalue weighted by molar-refractivity contribution is 8.01. The smallest absolute Gasteiger partial charge is 0.302 e. The molecule has 1 fully saturated rings.